The van der Waals surface area contributed by atoms with Gasteiger partial charge in [-0.15, -0.1) is 0 Å². The van der Waals surface area contributed by atoms with Crippen LogP contribution in [0, 0.1) is 0 Å². The Bertz CT molecular complexity index is 316. The Kier molecular flexibility index (Phi) is 4.05. The summed E-state index contributed by atoms with van der Waals surface area (Å²) in [5, 5.41) is 0. The molecule has 0 fully saturated rings. The monoisotopic (exact) mass is 210 g/mol. The largest absolute Gasteiger partial charge is 0.487 e. The van der Waals surface area contributed by atoms with Crippen LogP contribution in [0.5, 0.6) is 5.75 Å². The van der Waals surface area contributed by atoms with Gasteiger partial charge in [-0.25, -0.2) is 0 Å². The third-order valence-corrected chi connectivity index (χ3v) is 1.94. The fourth-order valence-corrected chi connectivity index (χ4v) is 1.03. The maximum Gasteiger partial charge on any atom is 0.326 e. The highest BCUT2D eigenvalue weighted by molar-refractivity contribution is 5.76. The maximum absolute atomic E-state index is 11.1. The minimum absolute atomic E-state index is 0.457. The number of rotatable bonds is 4. The molecule has 0 unspecified atom stereocenters. The van der Waals surface area contributed by atoms with Crippen molar-refractivity contribution in [3.63, 3.8) is 0 Å². The van der Waals surface area contributed by atoms with Crippen LogP contribution in [0.25, 0.3) is 0 Å². The second kappa shape index (κ2) is 5.31. The second-order valence-corrected chi connectivity index (χ2v) is 3.06. The lowest BCUT2D eigenvalue weighted by molar-refractivity contribution is -0.144. The minimum atomic E-state index is -0.796. The Hall–Kier alpha value is -1.62. The van der Waals surface area contributed by atoms with Gasteiger partial charge in [0, 0.05) is 6.20 Å². The number of aromatic nitrogens is 1. The van der Waals surface area contributed by atoms with Crippen LogP contribution in [0.2, 0.25) is 0 Å². The molecule has 0 saturated carbocycles. The molecule has 2 N–H and O–H groups in total. The van der Waals surface area contributed by atoms with Crippen molar-refractivity contribution in [1.29, 1.82) is 0 Å². The van der Waals surface area contributed by atoms with Gasteiger partial charge in [0.1, 0.15) is 17.9 Å². The van der Waals surface area contributed by atoms with E-state index in [-0.39, 0.29) is 0 Å². The van der Waals surface area contributed by atoms with Crippen molar-refractivity contribution < 1.29 is 14.3 Å². The Morgan fingerprint density at radius 3 is 2.87 bits per heavy atom. The van der Waals surface area contributed by atoms with E-state index in [2.05, 4.69) is 9.72 Å². The highest BCUT2D eigenvalue weighted by atomic mass is 16.5. The number of esters is 1. The van der Waals surface area contributed by atoms with Gasteiger partial charge in [-0.2, -0.15) is 0 Å². The van der Waals surface area contributed by atoms with Gasteiger partial charge in [0.15, 0.2) is 0 Å². The number of ether oxygens (including phenoxy) is 2. The molecule has 0 radical (unpaired) electrons. The zero-order valence-corrected chi connectivity index (χ0v) is 8.71. The number of nitrogens with two attached hydrogens (primary N) is 1. The van der Waals surface area contributed by atoms with Gasteiger partial charge in [-0.05, 0) is 19.1 Å². The van der Waals surface area contributed by atoms with E-state index < -0.39 is 18.1 Å². The minimum Gasteiger partial charge on any atom is -0.487 e. The van der Waals surface area contributed by atoms with Crippen molar-refractivity contribution in [3.8, 4) is 5.75 Å². The van der Waals surface area contributed by atoms with Crippen molar-refractivity contribution >= 4 is 5.97 Å². The summed E-state index contributed by atoms with van der Waals surface area (Å²) in [6.07, 6.45) is 2.74. The van der Waals surface area contributed by atoms with Crippen molar-refractivity contribution in [1.82, 2.24) is 4.98 Å². The van der Waals surface area contributed by atoms with Gasteiger partial charge in [-0.3, -0.25) is 9.78 Å². The first-order chi connectivity index (χ1) is 7.15. The molecule has 15 heavy (non-hydrogen) atoms. The van der Waals surface area contributed by atoms with Crippen molar-refractivity contribution in [2.24, 2.45) is 5.73 Å². The molecule has 1 rings (SSSR count). The van der Waals surface area contributed by atoms with E-state index in [1.165, 1.54) is 7.11 Å². The lowest BCUT2D eigenvalue weighted by atomic mass is 10.2. The summed E-state index contributed by atoms with van der Waals surface area (Å²) in [6, 6.07) is 2.69. The van der Waals surface area contributed by atoms with Crippen LogP contribution >= 0.6 is 0 Å². The third-order valence-electron chi connectivity index (χ3n) is 1.94. The molecule has 0 spiro atoms. The number of carbonyl (C=O) groups excluding carboxylic acids is 1. The van der Waals surface area contributed by atoms with Crippen molar-refractivity contribution in [3.05, 3.63) is 24.5 Å². The van der Waals surface area contributed by atoms with Crippen LogP contribution in [0.1, 0.15) is 6.92 Å². The molecule has 0 amide bonds. The first-order valence-corrected chi connectivity index (χ1v) is 4.55. The first-order valence-electron chi connectivity index (χ1n) is 4.55. The van der Waals surface area contributed by atoms with Crippen LogP contribution < -0.4 is 10.5 Å². The predicted octanol–water partition coefficient (Wildman–Crippen LogP) is 0.349. The molecule has 0 aliphatic heterocycles. The molecule has 2 atom stereocenters. The number of nitrogens with zero attached hydrogens (tertiary/aromatic N) is 1. The van der Waals surface area contributed by atoms with Crippen LogP contribution in [-0.4, -0.2) is 30.2 Å². The summed E-state index contributed by atoms with van der Waals surface area (Å²) in [6.45, 7) is 1.70. The molecule has 0 aromatic carbocycles. The number of pyridine rings is 1. The molecule has 5 heteroatoms. The molecule has 1 aromatic heterocycles. The smallest absolute Gasteiger partial charge is 0.326 e. The van der Waals surface area contributed by atoms with Crippen LogP contribution in [0.15, 0.2) is 24.5 Å². The SMILES string of the molecule is COC(=O)[C@@H](N)[C@H](C)Oc1cccnc1. The summed E-state index contributed by atoms with van der Waals surface area (Å²) >= 11 is 0. The summed E-state index contributed by atoms with van der Waals surface area (Å²) in [5.74, 6) is 0.0794. The standard InChI is InChI=1S/C10H14N2O3/c1-7(9(11)10(13)14-2)15-8-4-3-5-12-6-8/h3-7,9H,11H2,1-2H3/t7-,9-/m0/s1. The number of hydrogen-bond acceptors (Lipinski definition) is 5. The lowest BCUT2D eigenvalue weighted by Gasteiger charge is -2.18. The summed E-state index contributed by atoms with van der Waals surface area (Å²) in [4.78, 5) is 15.0. The van der Waals surface area contributed by atoms with Gasteiger partial charge >= 0.3 is 5.97 Å². The van der Waals surface area contributed by atoms with Crippen LogP contribution in [-0.2, 0) is 9.53 Å². The molecule has 0 saturated heterocycles. The van der Waals surface area contributed by atoms with E-state index in [1.807, 2.05) is 0 Å². The fourth-order valence-electron chi connectivity index (χ4n) is 1.03. The predicted molar refractivity (Wildman–Crippen MR) is 54.3 cm³/mol. The summed E-state index contributed by atoms with van der Waals surface area (Å²) in [7, 11) is 1.29. The molecule has 5 nitrogen and oxygen atoms in total. The zero-order valence-electron chi connectivity index (χ0n) is 8.71. The number of hydrogen-bond donors (Lipinski definition) is 1. The molecule has 0 aliphatic rings. The normalized spacial score (nSPS) is 14.1. The van der Waals surface area contributed by atoms with E-state index >= 15 is 0 Å². The van der Waals surface area contributed by atoms with Crippen LogP contribution in [0.3, 0.4) is 0 Å². The summed E-state index contributed by atoms with van der Waals surface area (Å²) < 4.78 is 9.92. The highest BCUT2D eigenvalue weighted by Crippen LogP contribution is 2.10. The molecule has 0 bridgehead atoms. The third kappa shape index (κ3) is 3.21. The van der Waals surface area contributed by atoms with Crippen molar-refractivity contribution in [2.45, 2.75) is 19.1 Å². The first kappa shape index (κ1) is 11.5. The quantitative estimate of drug-likeness (QED) is 0.726. The Balaban J connectivity index is 2.56. The Morgan fingerprint density at radius 1 is 1.60 bits per heavy atom. The van der Waals surface area contributed by atoms with E-state index in [9.17, 15) is 4.79 Å². The molecule has 1 heterocycles. The lowest BCUT2D eigenvalue weighted by Crippen LogP contribution is -2.44. The zero-order chi connectivity index (χ0) is 11.3. The topological polar surface area (TPSA) is 74.4 Å². The molecule has 0 aliphatic carbocycles. The molecule has 1 aromatic rings. The fraction of sp³-hybridized carbons (Fsp3) is 0.400. The van der Waals surface area contributed by atoms with Gasteiger partial charge in [0.05, 0.1) is 13.3 Å². The van der Waals surface area contributed by atoms with Gasteiger partial charge in [-0.1, -0.05) is 0 Å². The highest BCUT2D eigenvalue weighted by Gasteiger charge is 2.22. The van der Waals surface area contributed by atoms with Crippen LogP contribution in [0.4, 0.5) is 0 Å². The van der Waals surface area contributed by atoms with E-state index in [0.717, 1.165) is 0 Å². The van der Waals surface area contributed by atoms with Gasteiger partial charge in [0.2, 0.25) is 0 Å². The number of carbonyl (C=O) groups is 1. The number of methoxy groups -OCH3 is 1. The molecular weight excluding hydrogens is 196 g/mol. The Labute approximate surface area is 88.2 Å². The van der Waals surface area contributed by atoms with Gasteiger partial charge < -0.3 is 15.2 Å². The molecular formula is C10H14N2O3. The average Bonchev–Trinajstić information content (AvgIpc) is 2.28. The van der Waals surface area contributed by atoms with E-state index in [0.29, 0.717) is 5.75 Å². The van der Waals surface area contributed by atoms with E-state index in [4.69, 9.17) is 10.5 Å². The molecule has 82 valence electrons. The average molecular weight is 210 g/mol. The van der Waals surface area contributed by atoms with Gasteiger partial charge in [0.25, 0.3) is 0 Å². The van der Waals surface area contributed by atoms with E-state index in [1.54, 1.807) is 31.5 Å². The summed E-state index contributed by atoms with van der Waals surface area (Å²) in [5.41, 5.74) is 5.60. The van der Waals surface area contributed by atoms with Crippen molar-refractivity contribution in [2.75, 3.05) is 7.11 Å². The Morgan fingerprint density at radius 2 is 2.33 bits per heavy atom. The second-order valence-electron chi connectivity index (χ2n) is 3.06. The maximum atomic E-state index is 11.1.